The number of rotatable bonds is 10. The van der Waals surface area contributed by atoms with E-state index in [0.29, 0.717) is 5.56 Å². The molecule has 0 saturated heterocycles. The van der Waals surface area contributed by atoms with Crippen LogP contribution in [0.3, 0.4) is 0 Å². The van der Waals surface area contributed by atoms with Gasteiger partial charge in [0.2, 0.25) is 0 Å². The summed E-state index contributed by atoms with van der Waals surface area (Å²) in [6.07, 6.45) is 1.61. The smallest absolute Gasteiger partial charge is 0.329 e. The highest BCUT2D eigenvalue weighted by atomic mass is 33.1. The van der Waals surface area contributed by atoms with Crippen molar-refractivity contribution in [1.29, 1.82) is 0 Å². The number of phenolic OH excluding ortho intramolecular Hbond substituents is 2. The first-order chi connectivity index (χ1) is 11.3. The predicted octanol–water partition coefficient (Wildman–Crippen LogP) is 0.958. The van der Waals surface area contributed by atoms with E-state index >= 15 is 0 Å². The summed E-state index contributed by atoms with van der Waals surface area (Å²) >= 11 is 0. The third-order valence-electron chi connectivity index (χ3n) is 2.82. The zero-order valence-corrected chi connectivity index (χ0v) is 14.2. The molecule has 0 aliphatic carbocycles. The van der Waals surface area contributed by atoms with Crippen LogP contribution in [0.15, 0.2) is 23.2 Å². The van der Waals surface area contributed by atoms with Crippen molar-refractivity contribution >= 4 is 39.7 Å². The lowest BCUT2D eigenvalue weighted by molar-refractivity contribution is -0.138. The highest BCUT2D eigenvalue weighted by Gasteiger charge is 2.17. The summed E-state index contributed by atoms with van der Waals surface area (Å²) in [5.74, 6) is -2.05. The van der Waals surface area contributed by atoms with E-state index in [4.69, 9.17) is 15.9 Å². The van der Waals surface area contributed by atoms with E-state index < -0.39 is 24.0 Å². The Hall–Kier alpha value is -1.91. The fourth-order valence-corrected chi connectivity index (χ4v) is 3.73. The van der Waals surface area contributed by atoms with Gasteiger partial charge in [-0.1, -0.05) is 27.7 Å². The quantitative estimate of drug-likeness (QED) is 0.229. The van der Waals surface area contributed by atoms with Crippen LogP contribution in [0.5, 0.6) is 11.5 Å². The fourth-order valence-electron chi connectivity index (χ4n) is 1.49. The second-order valence-electron chi connectivity index (χ2n) is 4.72. The summed E-state index contributed by atoms with van der Waals surface area (Å²) in [5, 5.41) is 36.6. The third-order valence-corrected chi connectivity index (χ3v) is 5.25. The lowest BCUT2D eigenvalue weighted by Gasteiger charge is -2.08. The highest BCUT2D eigenvalue weighted by Crippen LogP contribution is 2.24. The Bertz CT molecular complexity index is 611. The molecule has 0 bridgehead atoms. The number of nitrogens with zero attached hydrogens (tertiary/aromatic N) is 1. The van der Waals surface area contributed by atoms with Crippen LogP contribution in [0.4, 0.5) is 0 Å². The Labute approximate surface area is 146 Å². The van der Waals surface area contributed by atoms with Gasteiger partial charge in [-0.3, -0.25) is 9.79 Å². The zero-order valence-electron chi connectivity index (χ0n) is 12.5. The van der Waals surface area contributed by atoms with E-state index in [-0.39, 0.29) is 29.4 Å². The van der Waals surface area contributed by atoms with Crippen LogP contribution in [-0.2, 0) is 16.0 Å². The monoisotopic (exact) mass is 374 g/mol. The van der Waals surface area contributed by atoms with Crippen LogP contribution >= 0.6 is 21.6 Å². The summed E-state index contributed by atoms with van der Waals surface area (Å²) in [7, 11) is 2.36. The van der Waals surface area contributed by atoms with Crippen molar-refractivity contribution in [3.8, 4) is 11.5 Å². The number of phenols is 2. The topological polar surface area (TPSA) is 153 Å². The molecule has 0 heterocycles. The second-order valence-corrected chi connectivity index (χ2v) is 7.27. The predicted molar refractivity (Wildman–Crippen MR) is 93.9 cm³/mol. The van der Waals surface area contributed by atoms with Crippen molar-refractivity contribution in [2.75, 3.05) is 11.5 Å². The Morgan fingerprint density at radius 2 is 1.83 bits per heavy atom. The Kier molecular flexibility index (Phi) is 8.44. The van der Waals surface area contributed by atoms with Gasteiger partial charge in [-0.2, -0.15) is 0 Å². The molecule has 0 spiro atoms. The molecule has 0 aliphatic heterocycles. The molecule has 0 fully saturated rings. The van der Waals surface area contributed by atoms with Gasteiger partial charge in [0.05, 0.1) is 0 Å². The van der Waals surface area contributed by atoms with Crippen LogP contribution in [0.1, 0.15) is 5.56 Å². The maximum Gasteiger partial charge on any atom is 0.329 e. The van der Waals surface area contributed by atoms with E-state index in [1.807, 2.05) is 0 Å². The largest absolute Gasteiger partial charge is 0.508 e. The van der Waals surface area contributed by atoms with Gasteiger partial charge in [0.15, 0.2) is 6.04 Å². The molecule has 0 amide bonds. The standard InChI is InChI=1S/C14H18N2O6S2/c15-10(13(19)20)6-23-24-7-11(14(21)22)16-4-3-8-1-2-9(17)5-12(8)18/h1-2,4-5,10-11,17-18H,3,6-7,15H2,(H,19,20)(H,21,22)/t10-,11-/m0/s1. The molecular weight excluding hydrogens is 356 g/mol. The first-order valence-corrected chi connectivity index (χ1v) is 9.28. The molecule has 132 valence electrons. The molecule has 1 aromatic carbocycles. The summed E-state index contributed by atoms with van der Waals surface area (Å²) in [4.78, 5) is 25.7. The number of aromatic hydroxyl groups is 2. The minimum Gasteiger partial charge on any atom is -0.508 e. The Balaban J connectivity index is 2.47. The molecule has 6 N–H and O–H groups in total. The van der Waals surface area contributed by atoms with Crippen molar-refractivity contribution < 1.29 is 30.0 Å². The number of nitrogens with two attached hydrogens (primary N) is 1. The maximum atomic E-state index is 11.2. The van der Waals surface area contributed by atoms with E-state index in [1.54, 1.807) is 0 Å². The molecule has 1 aromatic rings. The van der Waals surface area contributed by atoms with Crippen LogP contribution in [-0.4, -0.2) is 62.2 Å². The molecule has 24 heavy (non-hydrogen) atoms. The Morgan fingerprint density at radius 1 is 1.17 bits per heavy atom. The molecule has 8 nitrogen and oxygen atoms in total. The summed E-state index contributed by atoms with van der Waals surface area (Å²) in [5.41, 5.74) is 5.85. The minimum absolute atomic E-state index is 0.0652. The van der Waals surface area contributed by atoms with E-state index in [0.717, 1.165) is 0 Å². The summed E-state index contributed by atoms with van der Waals surface area (Å²) < 4.78 is 0. The van der Waals surface area contributed by atoms with Crippen LogP contribution in [0, 0.1) is 0 Å². The van der Waals surface area contributed by atoms with E-state index in [9.17, 15) is 19.8 Å². The summed E-state index contributed by atoms with van der Waals surface area (Å²) in [6, 6.07) is 2.14. The SMILES string of the molecule is N[C@@H](CSSC[C@H](N=CCc1ccc(O)cc1O)C(=O)O)C(=O)O. The van der Waals surface area contributed by atoms with Gasteiger partial charge in [-0.05, 0) is 11.6 Å². The normalized spacial score (nSPS) is 13.7. The third kappa shape index (κ3) is 7.11. The van der Waals surface area contributed by atoms with Gasteiger partial charge in [0.1, 0.15) is 17.5 Å². The fraction of sp³-hybridized carbons (Fsp3) is 0.357. The van der Waals surface area contributed by atoms with E-state index in [2.05, 4.69) is 4.99 Å². The lowest BCUT2D eigenvalue weighted by Crippen LogP contribution is -2.32. The number of aliphatic imine (C=N–C) groups is 1. The molecule has 0 saturated carbocycles. The highest BCUT2D eigenvalue weighted by molar-refractivity contribution is 8.76. The van der Waals surface area contributed by atoms with Gasteiger partial charge >= 0.3 is 11.9 Å². The molecule has 0 aromatic heterocycles. The number of carbonyl (C=O) groups is 2. The lowest BCUT2D eigenvalue weighted by atomic mass is 10.1. The molecule has 0 unspecified atom stereocenters. The van der Waals surface area contributed by atoms with Gasteiger partial charge in [-0.15, -0.1) is 0 Å². The van der Waals surface area contributed by atoms with Gasteiger partial charge in [0, 0.05) is 30.2 Å². The van der Waals surface area contributed by atoms with Crippen molar-refractivity contribution in [2.45, 2.75) is 18.5 Å². The number of hydrogen-bond donors (Lipinski definition) is 5. The number of hydrogen-bond acceptors (Lipinski definition) is 8. The molecule has 10 heteroatoms. The molecular formula is C14H18N2O6S2. The van der Waals surface area contributed by atoms with Crippen molar-refractivity contribution in [3.63, 3.8) is 0 Å². The second kappa shape index (κ2) is 10.1. The minimum atomic E-state index is -1.11. The van der Waals surface area contributed by atoms with Gasteiger partial charge in [0.25, 0.3) is 0 Å². The first-order valence-electron chi connectivity index (χ1n) is 6.79. The number of carboxylic acid groups (broad SMARTS) is 2. The van der Waals surface area contributed by atoms with Crippen molar-refractivity contribution in [2.24, 2.45) is 10.7 Å². The van der Waals surface area contributed by atoms with Crippen molar-refractivity contribution in [1.82, 2.24) is 0 Å². The molecule has 1 rings (SSSR count). The van der Waals surface area contributed by atoms with Crippen molar-refractivity contribution in [3.05, 3.63) is 23.8 Å². The van der Waals surface area contributed by atoms with Crippen LogP contribution < -0.4 is 5.73 Å². The van der Waals surface area contributed by atoms with E-state index in [1.165, 1.54) is 46.0 Å². The Morgan fingerprint density at radius 3 is 2.42 bits per heavy atom. The number of carboxylic acids is 2. The number of aliphatic carboxylic acids is 2. The molecule has 2 atom stereocenters. The van der Waals surface area contributed by atoms with Gasteiger partial charge < -0.3 is 26.2 Å². The van der Waals surface area contributed by atoms with Gasteiger partial charge in [-0.25, -0.2) is 4.79 Å². The average Bonchev–Trinajstić information content (AvgIpc) is 2.50. The number of benzene rings is 1. The zero-order chi connectivity index (χ0) is 18.1. The first kappa shape index (κ1) is 20.1. The average molecular weight is 374 g/mol. The maximum absolute atomic E-state index is 11.2. The molecule has 0 aliphatic rings. The summed E-state index contributed by atoms with van der Waals surface area (Å²) in [6.45, 7) is 0. The van der Waals surface area contributed by atoms with Crippen LogP contribution in [0.2, 0.25) is 0 Å². The molecule has 0 radical (unpaired) electrons. The van der Waals surface area contributed by atoms with Crippen LogP contribution in [0.25, 0.3) is 0 Å².